The molecule has 0 N–H and O–H groups in total. The number of carbonyl (C=O) groups is 1. The molecule has 0 aliphatic heterocycles. The molecular weight excluding hydrogens is 372 g/mol. The van der Waals surface area contributed by atoms with Crippen LogP contribution in [0.1, 0.15) is 79.1 Å². The van der Waals surface area contributed by atoms with Crippen LogP contribution in [0.2, 0.25) is 0 Å². The van der Waals surface area contributed by atoms with E-state index >= 15 is 0 Å². The van der Waals surface area contributed by atoms with Crippen molar-refractivity contribution in [1.82, 2.24) is 0 Å². The second-order valence-electron chi connectivity index (χ2n) is 9.74. The third-order valence-corrected chi connectivity index (χ3v) is 10.9. The monoisotopic (exact) mass is 404 g/mol. The number of halogens is 1. The molecule has 0 spiro atoms. The lowest BCUT2D eigenvalue weighted by atomic mass is 9.47. The minimum Gasteiger partial charge on any atom is -0.298 e. The van der Waals surface area contributed by atoms with E-state index in [2.05, 4.69) is 48.9 Å². The molecule has 0 amide bonds. The molecule has 0 heterocycles. The molecule has 0 bridgehead atoms. The lowest BCUT2D eigenvalue weighted by Gasteiger charge is -2.58. The van der Waals surface area contributed by atoms with Gasteiger partial charge in [0, 0.05) is 0 Å². The average Bonchev–Trinajstić information content (AvgIpc) is 2.87. The largest absolute Gasteiger partial charge is 0.298 e. The molecule has 4 aliphatic carbocycles. The van der Waals surface area contributed by atoms with Gasteiger partial charge in [-0.25, -0.2) is 0 Å². The Kier molecular flexibility index (Phi) is 4.19. The van der Waals surface area contributed by atoms with Crippen molar-refractivity contribution < 1.29 is 4.79 Å². The first-order chi connectivity index (χ1) is 11.8. The number of carbonyl (C=O) groups excluding carboxylic acids is 1. The van der Waals surface area contributed by atoms with E-state index in [9.17, 15) is 4.79 Å². The normalized spacial score (nSPS) is 50.7. The van der Waals surface area contributed by atoms with Gasteiger partial charge in [-0.05, 0) is 93.8 Å². The fourth-order valence-corrected chi connectivity index (χ4v) is 8.06. The minimum atomic E-state index is -0.273. The quantitative estimate of drug-likeness (QED) is 0.354. The molecule has 0 aromatic rings. The molecule has 0 aromatic heterocycles. The Labute approximate surface area is 161 Å². The fourth-order valence-electron chi connectivity index (χ4n) is 7.34. The van der Waals surface area contributed by atoms with E-state index in [1.807, 2.05) is 0 Å². The number of rotatable bonds is 1. The number of Topliss-reactive ketones (excluding diaryl/α,β-unsaturated/α-hetero) is 1. The predicted molar refractivity (Wildman–Crippen MR) is 108 cm³/mol. The molecule has 2 heteroatoms. The molecule has 3 saturated carbocycles. The van der Waals surface area contributed by atoms with E-state index < -0.39 is 0 Å². The van der Waals surface area contributed by atoms with Crippen LogP contribution in [0, 0.1) is 28.6 Å². The van der Waals surface area contributed by atoms with E-state index in [4.69, 9.17) is 0 Å². The summed E-state index contributed by atoms with van der Waals surface area (Å²) in [5.74, 6) is 2.65. The highest BCUT2D eigenvalue weighted by Crippen LogP contribution is 2.69. The summed E-state index contributed by atoms with van der Waals surface area (Å²) in [5.41, 5.74) is 3.92. The standard InChI is InChI=1S/C23H33BrO/c1-5-16-8-11-21(3)17(14-16)6-7-18-19(21)9-12-22(4)20(18)10-13-23(22,24)15(2)25/h5-6,18-20H,7-14H2,1-4H3/b16-5-/t18-,19?,20?,21?,22?,23?/m0/s1. The summed E-state index contributed by atoms with van der Waals surface area (Å²) in [4.78, 5) is 12.5. The van der Waals surface area contributed by atoms with Gasteiger partial charge in [0.25, 0.3) is 0 Å². The van der Waals surface area contributed by atoms with Crippen LogP contribution in [-0.4, -0.2) is 10.1 Å². The molecule has 1 nitrogen and oxygen atoms in total. The number of hydrogen-bond donors (Lipinski definition) is 0. The van der Waals surface area contributed by atoms with E-state index in [1.54, 1.807) is 18.1 Å². The maximum Gasteiger partial charge on any atom is 0.147 e. The summed E-state index contributed by atoms with van der Waals surface area (Å²) in [7, 11) is 0. The summed E-state index contributed by atoms with van der Waals surface area (Å²) < 4.78 is -0.273. The van der Waals surface area contributed by atoms with Gasteiger partial charge >= 0.3 is 0 Å². The van der Waals surface area contributed by atoms with E-state index in [1.165, 1.54) is 44.9 Å². The Hall–Kier alpha value is -0.370. The topological polar surface area (TPSA) is 17.1 Å². The van der Waals surface area contributed by atoms with E-state index in [-0.39, 0.29) is 9.74 Å². The van der Waals surface area contributed by atoms with Crippen molar-refractivity contribution in [3.63, 3.8) is 0 Å². The SMILES string of the molecule is C/C=C1/CCC2(C)C(=CC[C@H]3C2CCC2(C)C3CCC2(Br)C(C)=O)C1. The van der Waals surface area contributed by atoms with Crippen molar-refractivity contribution in [2.24, 2.45) is 28.6 Å². The van der Waals surface area contributed by atoms with Crippen LogP contribution in [0.5, 0.6) is 0 Å². The van der Waals surface area contributed by atoms with Crippen LogP contribution in [0.3, 0.4) is 0 Å². The predicted octanol–water partition coefficient (Wildman–Crippen LogP) is 6.62. The molecule has 4 rings (SSSR count). The van der Waals surface area contributed by atoms with Gasteiger partial charge in [-0.3, -0.25) is 4.79 Å². The van der Waals surface area contributed by atoms with Gasteiger partial charge in [-0.2, -0.15) is 0 Å². The zero-order chi connectivity index (χ0) is 18.0. The molecule has 0 saturated heterocycles. The van der Waals surface area contributed by atoms with Crippen LogP contribution < -0.4 is 0 Å². The van der Waals surface area contributed by atoms with Crippen LogP contribution in [0.4, 0.5) is 0 Å². The molecule has 5 unspecified atom stereocenters. The molecule has 4 aliphatic rings. The average molecular weight is 405 g/mol. The summed E-state index contributed by atoms with van der Waals surface area (Å²) in [6, 6.07) is 0. The highest BCUT2D eigenvalue weighted by Gasteiger charge is 2.64. The fraction of sp³-hybridized carbons (Fsp3) is 0.783. The second kappa shape index (κ2) is 5.81. The van der Waals surface area contributed by atoms with Gasteiger partial charge in [-0.15, -0.1) is 0 Å². The maximum absolute atomic E-state index is 12.5. The number of hydrogen-bond acceptors (Lipinski definition) is 1. The summed E-state index contributed by atoms with van der Waals surface area (Å²) in [6.45, 7) is 8.98. The minimum absolute atomic E-state index is 0.144. The van der Waals surface area contributed by atoms with E-state index in [0.717, 1.165) is 18.3 Å². The molecule has 138 valence electrons. The molecule has 25 heavy (non-hydrogen) atoms. The van der Waals surface area contributed by atoms with Crippen molar-refractivity contribution in [1.29, 1.82) is 0 Å². The summed E-state index contributed by atoms with van der Waals surface area (Å²) in [5, 5.41) is 0. The third-order valence-electron chi connectivity index (χ3n) is 9.07. The van der Waals surface area contributed by atoms with Gasteiger partial charge < -0.3 is 0 Å². The van der Waals surface area contributed by atoms with Gasteiger partial charge in [0.2, 0.25) is 0 Å². The Morgan fingerprint density at radius 3 is 2.60 bits per heavy atom. The molecular formula is C23H33BrO. The smallest absolute Gasteiger partial charge is 0.147 e. The highest BCUT2D eigenvalue weighted by atomic mass is 79.9. The number of alkyl halides is 1. The van der Waals surface area contributed by atoms with Crippen molar-refractivity contribution in [2.75, 3.05) is 0 Å². The second-order valence-corrected chi connectivity index (χ2v) is 11.1. The van der Waals surface area contributed by atoms with Crippen molar-refractivity contribution in [3.05, 3.63) is 23.3 Å². The van der Waals surface area contributed by atoms with Gasteiger partial charge in [-0.1, -0.05) is 53.1 Å². The molecule has 0 radical (unpaired) electrons. The molecule has 3 fully saturated rings. The van der Waals surface area contributed by atoms with E-state index in [0.29, 0.717) is 17.1 Å². The van der Waals surface area contributed by atoms with Crippen LogP contribution in [-0.2, 0) is 4.79 Å². The van der Waals surface area contributed by atoms with Gasteiger partial charge in [0.1, 0.15) is 5.78 Å². The zero-order valence-corrected chi connectivity index (χ0v) is 17.9. The third kappa shape index (κ3) is 2.28. The molecule has 6 atom stereocenters. The Bertz CT molecular complexity index is 661. The van der Waals surface area contributed by atoms with Crippen LogP contribution in [0.25, 0.3) is 0 Å². The maximum atomic E-state index is 12.5. The van der Waals surface area contributed by atoms with Crippen LogP contribution >= 0.6 is 15.9 Å². The van der Waals surface area contributed by atoms with Gasteiger partial charge in [0.15, 0.2) is 0 Å². The Morgan fingerprint density at radius 2 is 1.92 bits per heavy atom. The summed E-state index contributed by atoms with van der Waals surface area (Å²) >= 11 is 3.95. The zero-order valence-electron chi connectivity index (χ0n) is 16.3. The number of fused-ring (bicyclic) bond motifs is 5. The summed E-state index contributed by atoms with van der Waals surface area (Å²) in [6.07, 6.45) is 14.8. The first kappa shape index (κ1) is 18.0. The first-order valence-electron chi connectivity index (χ1n) is 10.3. The lowest BCUT2D eigenvalue weighted by molar-refractivity contribution is -0.124. The Morgan fingerprint density at radius 1 is 1.20 bits per heavy atom. The van der Waals surface area contributed by atoms with Gasteiger partial charge in [0.05, 0.1) is 4.32 Å². The highest BCUT2D eigenvalue weighted by molar-refractivity contribution is 9.10. The first-order valence-corrected chi connectivity index (χ1v) is 11.1. The number of ketones is 1. The van der Waals surface area contributed by atoms with Crippen molar-refractivity contribution in [2.45, 2.75) is 83.4 Å². The van der Waals surface area contributed by atoms with Crippen molar-refractivity contribution in [3.8, 4) is 0 Å². The molecule has 0 aromatic carbocycles. The lowest BCUT2D eigenvalue weighted by Crippen LogP contribution is -2.54. The Balaban J connectivity index is 1.69. The van der Waals surface area contributed by atoms with Crippen LogP contribution in [0.15, 0.2) is 23.3 Å². The van der Waals surface area contributed by atoms with Crippen molar-refractivity contribution >= 4 is 21.7 Å². The number of allylic oxidation sites excluding steroid dienone is 4.